The van der Waals surface area contributed by atoms with Crippen LogP contribution in [0.3, 0.4) is 0 Å². The maximum absolute atomic E-state index is 12.9. The molecule has 0 radical (unpaired) electrons. The molecule has 0 atom stereocenters. The monoisotopic (exact) mass is 421 g/mol. The molecule has 2 aromatic heterocycles. The quantitative estimate of drug-likeness (QED) is 0.357. The fourth-order valence-electron chi connectivity index (χ4n) is 3.44. The van der Waals surface area contributed by atoms with E-state index in [1.165, 1.54) is 0 Å². The van der Waals surface area contributed by atoms with Crippen LogP contribution in [0.4, 0.5) is 0 Å². The Morgan fingerprint density at radius 1 is 0.862 bits per heavy atom. The van der Waals surface area contributed by atoms with Gasteiger partial charge in [-0.2, -0.15) is 4.98 Å². The lowest BCUT2D eigenvalue weighted by molar-refractivity contribution is 0.374. The van der Waals surface area contributed by atoms with Gasteiger partial charge in [0.05, 0.1) is 11.0 Å². The molecular formula is C22H13Cl2N3O2. The van der Waals surface area contributed by atoms with Crippen molar-refractivity contribution >= 4 is 45.0 Å². The Bertz CT molecular complexity index is 1420. The van der Waals surface area contributed by atoms with Crippen LogP contribution in [0.1, 0.15) is 5.89 Å². The molecule has 0 unspecified atom stereocenters. The van der Waals surface area contributed by atoms with Crippen LogP contribution in [0.2, 0.25) is 10.0 Å². The summed E-state index contributed by atoms with van der Waals surface area (Å²) in [6, 6.07) is 20.0. The first kappa shape index (κ1) is 17.9. The summed E-state index contributed by atoms with van der Waals surface area (Å²) in [4.78, 5) is 17.4. The van der Waals surface area contributed by atoms with Gasteiger partial charge in [0, 0.05) is 26.4 Å². The number of para-hydroxylation sites is 1. The number of fused-ring (bicyclic) bond motifs is 2. The zero-order chi connectivity index (χ0) is 20.0. The van der Waals surface area contributed by atoms with Crippen LogP contribution in [0.25, 0.3) is 33.2 Å². The van der Waals surface area contributed by atoms with Gasteiger partial charge in [0.25, 0.3) is 0 Å². The third kappa shape index (κ3) is 3.18. The highest BCUT2D eigenvalue weighted by atomic mass is 35.5. The fraction of sp³-hybridized carbons (Fsp3) is 0.0455. The topological polar surface area (TPSA) is 60.9 Å². The van der Waals surface area contributed by atoms with Crippen LogP contribution in [0.15, 0.2) is 76.0 Å². The average Bonchev–Trinajstić information content (AvgIpc) is 3.20. The lowest BCUT2D eigenvalue weighted by Crippen LogP contribution is -2.12. The molecule has 0 aliphatic rings. The lowest BCUT2D eigenvalue weighted by Gasteiger charge is -2.13. The van der Waals surface area contributed by atoms with Crippen molar-refractivity contribution in [3.63, 3.8) is 0 Å². The van der Waals surface area contributed by atoms with Crippen LogP contribution in [0, 0.1) is 0 Å². The number of nitrogens with zero attached hydrogens (tertiary/aromatic N) is 3. The largest absolute Gasteiger partial charge is 0.337 e. The third-order valence-corrected chi connectivity index (χ3v) is 5.28. The minimum absolute atomic E-state index is 0.0540. The highest BCUT2D eigenvalue weighted by molar-refractivity contribution is 6.31. The summed E-state index contributed by atoms with van der Waals surface area (Å²) < 4.78 is 7.47. The third-order valence-electron chi connectivity index (χ3n) is 4.80. The zero-order valence-electron chi connectivity index (χ0n) is 15.0. The molecule has 5 aromatic rings. The summed E-state index contributed by atoms with van der Waals surface area (Å²) in [7, 11) is 0. The van der Waals surface area contributed by atoms with E-state index in [1.807, 2.05) is 47.0 Å². The zero-order valence-corrected chi connectivity index (χ0v) is 16.5. The van der Waals surface area contributed by atoms with Gasteiger partial charge >= 0.3 is 0 Å². The Balaban J connectivity index is 1.66. The molecule has 0 saturated heterocycles. The van der Waals surface area contributed by atoms with Crippen LogP contribution in [-0.4, -0.2) is 14.7 Å². The predicted molar refractivity (Wildman–Crippen MR) is 115 cm³/mol. The Hall–Kier alpha value is -3.15. The van der Waals surface area contributed by atoms with Crippen molar-refractivity contribution < 1.29 is 4.52 Å². The summed E-state index contributed by atoms with van der Waals surface area (Å²) in [5, 5.41) is 6.39. The van der Waals surface area contributed by atoms with Gasteiger partial charge in [-0.1, -0.05) is 40.5 Å². The number of rotatable bonds is 3. The average molecular weight is 422 g/mol. The minimum atomic E-state index is -0.0540. The van der Waals surface area contributed by atoms with E-state index >= 15 is 0 Å². The van der Waals surface area contributed by atoms with Gasteiger partial charge in [0.2, 0.25) is 11.7 Å². The first-order chi connectivity index (χ1) is 14.1. The van der Waals surface area contributed by atoms with E-state index in [1.54, 1.807) is 24.3 Å². The standard InChI is InChI=1S/C22H13Cl2N3O2/c23-14-7-5-13(6-8-14)22-25-20(29-26-22)12-27-18-4-2-1-3-16(18)21(28)17-11-15(24)9-10-19(17)27/h1-11H,12H2. The molecule has 142 valence electrons. The van der Waals surface area contributed by atoms with Crippen LogP contribution in [-0.2, 0) is 6.54 Å². The van der Waals surface area contributed by atoms with Gasteiger partial charge in [-0.15, -0.1) is 0 Å². The van der Waals surface area contributed by atoms with Crippen molar-refractivity contribution in [2.75, 3.05) is 0 Å². The van der Waals surface area contributed by atoms with Gasteiger partial charge in [-0.25, -0.2) is 0 Å². The van der Waals surface area contributed by atoms with Crippen molar-refractivity contribution in [2.24, 2.45) is 0 Å². The summed E-state index contributed by atoms with van der Waals surface area (Å²) in [5.41, 5.74) is 2.30. The SMILES string of the molecule is O=c1c2ccccc2n(Cc2nc(-c3ccc(Cl)cc3)no2)c2ccc(Cl)cc12. The lowest BCUT2D eigenvalue weighted by atomic mass is 10.1. The molecule has 7 heteroatoms. The molecule has 5 rings (SSSR count). The number of pyridine rings is 1. The van der Waals surface area contributed by atoms with E-state index in [0.29, 0.717) is 39.1 Å². The van der Waals surface area contributed by atoms with E-state index in [4.69, 9.17) is 27.7 Å². The first-order valence-corrected chi connectivity index (χ1v) is 9.65. The molecule has 0 aliphatic heterocycles. The second kappa shape index (κ2) is 7.03. The number of halogens is 2. The molecule has 0 saturated carbocycles. The smallest absolute Gasteiger partial charge is 0.246 e. The number of aromatic nitrogens is 3. The highest BCUT2D eigenvalue weighted by Crippen LogP contribution is 2.24. The molecule has 0 fully saturated rings. The normalized spacial score (nSPS) is 11.4. The Labute approximate surface area is 175 Å². The Kier molecular flexibility index (Phi) is 4.34. The van der Waals surface area contributed by atoms with E-state index in [0.717, 1.165) is 16.6 Å². The molecule has 0 bridgehead atoms. The van der Waals surface area contributed by atoms with E-state index in [-0.39, 0.29) is 5.43 Å². The molecule has 0 amide bonds. The number of hydrogen-bond donors (Lipinski definition) is 0. The van der Waals surface area contributed by atoms with Gasteiger partial charge < -0.3 is 9.09 Å². The summed E-state index contributed by atoms with van der Waals surface area (Å²) in [6.45, 7) is 0.319. The summed E-state index contributed by atoms with van der Waals surface area (Å²) in [5.74, 6) is 0.911. The van der Waals surface area contributed by atoms with E-state index in [2.05, 4.69) is 10.1 Å². The van der Waals surface area contributed by atoms with Gasteiger partial charge in [-0.3, -0.25) is 4.79 Å². The fourth-order valence-corrected chi connectivity index (χ4v) is 3.74. The van der Waals surface area contributed by atoms with Crippen molar-refractivity contribution in [3.8, 4) is 11.4 Å². The first-order valence-electron chi connectivity index (χ1n) is 8.89. The molecule has 5 nitrogen and oxygen atoms in total. The second-order valence-corrected chi connectivity index (χ2v) is 7.49. The van der Waals surface area contributed by atoms with Crippen molar-refractivity contribution in [1.29, 1.82) is 0 Å². The summed E-state index contributed by atoms with van der Waals surface area (Å²) in [6.07, 6.45) is 0. The van der Waals surface area contributed by atoms with E-state index in [9.17, 15) is 4.79 Å². The minimum Gasteiger partial charge on any atom is -0.337 e. The van der Waals surface area contributed by atoms with E-state index < -0.39 is 0 Å². The molecule has 0 spiro atoms. The van der Waals surface area contributed by atoms with Crippen molar-refractivity contribution in [3.05, 3.63) is 92.9 Å². The Morgan fingerprint density at radius 3 is 2.41 bits per heavy atom. The van der Waals surface area contributed by atoms with Crippen LogP contribution in [0.5, 0.6) is 0 Å². The predicted octanol–water partition coefficient (Wildman–Crippen LogP) is 5.56. The maximum atomic E-state index is 12.9. The van der Waals surface area contributed by atoms with Gasteiger partial charge in [-0.05, 0) is 54.6 Å². The van der Waals surface area contributed by atoms with Crippen molar-refractivity contribution in [1.82, 2.24) is 14.7 Å². The van der Waals surface area contributed by atoms with Crippen molar-refractivity contribution in [2.45, 2.75) is 6.54 Å². The molecular weight excluding hydrogens is 409 g/mol. The Morgan fingerprint density at radius 2 is 1.59 bits per heavy atom. The maximum Gasteiger partial charge on any atom is 0.246 e. The van der Waals surface area contributed by atoms with Gasteiger partial charge in [0.15, 0.2) is 5.43 Å². The number of benzene rings is 3. The molecule has 0 aliphatic carbocycles. The molecule has 0 N–H and O–H groups in total. The molecule has 2 heterocycles. The molecule has 29 heavy (non-hydrogen) atoms. The summed E-state index contributed by atoms with van der Waals surface area (Å²) >= 11 is 12.1. The van der Waals surface area contributed by atoms with Crippen LogP contribution < -0.4 is 5.43 Å². The second-order valence-electron chi connectivity index (χ2n) is 6.61. The highest BCUT2D eigenvalue weighted by Gasteiger charge is 2.15. The van der Waals surface area contributed by atoms with Gasteiger partial charge in [0.1, 0.15) is 6.54 Å². The molecule has 3 aromatic carbocycles. The van der Waals surface area contributed by atoms with Crippen LogP contribution >= 0.6 is 23.2 Å². The number of hydrogen-bond acceptors (Lipinski definition) is 4.